The topological polar surface area (TPSA) is 0 Å². The van der Waals surface area contributed by atoms with Crippen LogP contribution in [0.3, 0.4) is 0 Å². The van der Waals surface area contributed by atoms with Crippen molar-refractivity contribution in [3.05, 3.63) is 0 Å². The Morgan fingerprint density at radius 2 is 2.00 bits per heavy atom. The van der Waals surface area contributed by atoms with Crippen molar-refractivity contribution in [1.29, 1.82) is 0 Å². The van der Waals surface area contributed by atoms with Crippen LogP contribution in [0, 0.1) is 0 Å². The third-order valence-electron chi connectivity index (χ3n) is 1.65. The van der Waals surface area contributed by atoms with Crippen molar-refractivity contribution >= 4 is 22.5 Å². The molecule has 0 aliphatic carbocycles. The summed E-state index contributed by atoms with van der Waals surface area (Å²) in [5.41, 5.74) is 0. The quantitative estimate of drug-likeness (QED) is 0.505. The van der Waals surface area contributed by atoms with Gasteiger partial charge in [0.25, 0.3) is 0 Å². The molecular formula is C8H18Sn-. The van der Waals surface area contributed by atoms with Gasteiger partial charge in [-0.15, -0.1) is 0 Å². The van der Waals surface area contributed by atoms with E-state index in [0.29, 0.717) is 0 Å². The van der Waals surface area contributed by atoms with Crippen LogP contribution in [-0.4, -0.2) is 22.5 Å². The van der Waals surface area contributed by atoms with E-state index in [1.165, 1.54) is 32.1 Å². The van der Waals surface area contributed by atoms with Gasteiger partial charge in [0.2, 0.25) is 0 Å². The standard InChI is InChI=1S/C8H17.Sn.H/c1-3-5-7-8-6-4-2;;/h5H,3-4,6-8H2,1-2H3;;/q;;-1. The number of unbranched alkanes of at least 4 members (excludes halogenated alkanes) is 2. The summed E-state index contributed by atoms with van der Waals surface area (Å²) in [6.07, 6.45) is 7.13. The molecule has 0 fully saturated rings. The minimum absolute atomic E-state index is 0. The van der Waals surface area contributed by atoms with E-state index in [0.717, 1.165) is 3.93 Å². The van der Waals surface area contributed by atoms with Crippen LogP contribution < -0.4 is 0 Å². The number of hydrogen-bond donors (Lipinski definition) is 0. The van der Waals surface area contributed by atoms with Gasteiger partial charge in [-0.3, -0.25) is 0 Å². The van der Waals surface area contributed by atoms with Crippen molar-refractivity contribution in [3.8, 4) is 0 Å². The maximum Gasteiger partial charge on any atom is -1.00 e. The van der Waals surface area contributed by atoms with E-state index in [-0.39, 0.29) is 1.43 Å². The van der Waals surface area contributed by atoms with Gasteiger partial charge in [-0.1, -0.05) is 0 Å². The molecule has 55 valence electrons. The van der Waals surface area contributed by atoms with Crippen LogP contribution in [0.25, 0.3) is 0 Å². The first-order valence-electron chi connectivity index (χ1n) is 4.02. The van der Waals surface area contributed by atoms with Crippen LogP contribution in [0.15, 0.2) is 0 Å². The van der Waals surface area contributed by atoms with Crippen LogP contribution in [0.2, 0.25) is 3.93 Å². The second-order valence-electron chi connectivity index (χ2n) is 2.60. The predicted octanol–water partition coefficient (Wildman–Crippen LogP) is 3.05. The molecule has 9 heavy (non-hydrogen) atoms. The molecule has 0 bridgehead atoms. The summed E-state index contributed by atoms with van der Waals surface area (Å²) in [7, 11) is 0. The molecule has 0 aromatic heterocycles. The third-order valence-corrected chi connectivity index (χ3v) is 3.64. The Balaban J connectivity index is 0. The summed E-state index contributed by atoms with van der Waals surface area (Å²) in [4.78, 5) is 0. The largest absolute Gasteiger partial charge is 1.00 e. The number of hydrogen-bond acceptors (Lipinski definition) is 0. The minimum Gasteiger partial charge on any atom is -1.00 e. The molecule has 0 N–H and O–H groups in total. The van der Waals surface area contributed by atoms with Crippen molar-refractivity contribution < 1.29 is 1.43 Å². The van der Waals surface area contributed by atoms with Gasteiger partial charge in [0.1, 0.15) is 0 Å². The fraction of sp³-hybridized carbons (Fsp3) is 1.00. The zero-order chi connectivity index (χ0) is 7.11. The molecule has 0 saturated heterocycles. The molecule has 0 aliphatic rings. The van der Waals surface area contributed by atoms with Gasteiger partial charge < -0.3 is 1.43 Å². The van der Waals surface area contributed by atoms with Crippen molar-refractivity contribution in [1.82, 2.24) is 0 Å². The molecule has 0 aromatic rings. The van der Waals surface area contributed by atoms with Crippen LogP contribution in [0.4, 0.5) is 0 Å². The maximum atomic E-state index is 2.30. The third kappa shape index (κ3) is 6.69. The Hall–Kier alpha value is 0.799. The predicted molar refractivity (Wildman–Crippen MR) is 45.0 cm³/mol. The molecule has 3 radical (unpaired) electrons. The second kappa shape index (κ2) is 6.91. The minimum atomic E-state index is 0. The molecule has 0 nitrogen and oxygen atoms in total. The van der Waals surface area contributed by atoms with Gasteiger partial charge >= 0.3 is 72.4 Å². The van der Waals surface area contributed by atoms with Gasteiger partial charge in [0.15, 0.2) is 0 Å². The van der Waals surface area contributed by atoms with Gasteiger partial charge in [-0.05, 0) is 0 Å². The van der Waals surface area contributed by atoms with Gasteiger partial charge in [0, 0.05) is 0 Å². The van der Waals surface area contributed by atoms with Gasteiger partial charge in [0.05, 0.1) is 0 Å². The Kier molecular flexibility index (Phi) is 7.53. The zero-order valence-corrected chi connectivity index (χ0v) is 9.47. The summed E-state index contributed by atoms with van der Waals surface area (Å²) in [6.45, 7) is 4.56. The molecule has 0 spiro atoms. The summed E-state index contributed by atoms with van der Waals surface area (Å²) >= 11 is 1.74. The summed E-state index contributed by atoms with van der Waals surface area (Å²) in [5, 5.41) is 0. The van der Waals surface area contributed by atoms with Crippen molar-refractivity contribution in [2.45, 2.75) is 49.9 Å². The van der Waals surface area contributed by atoms with Crippen molar-refractivity contribution in [3.63, 3.8) is 0 Å². The first-order valence-corrected chi connectivity index (χ1v) is 5.67. The normalized spacial score (nSPS) is 13.7. The van der Waals surface area contributed by atoms with E-state index >= 15 is 0 Å². The fourth-order valence-electron chi connectivity index (χ4n) is 0.845. The van der Waals surface area contributed by atoms with Gasteiger partial charge in [-0.25, -0.2) is 0 Å². The Morgan fingerprint density at radius 3 is 2.44 bits per heavy atom. The summed E-state index contributed by atoms with van der Waals surface area (Å²) in [5.74, 6) is 0. The van der Waals surface area contributed by atoms with E-state index in [1.807, 2.05) is 0 Å². The molecule has 0 heterocycles. The van der Waals surface area contributed by atoms with Gasteiger partial charge in [-0.2, -0.15) is 0 Å². The van der Waals surface area contributed by atoms with Crippen LogP contribution in [0.5, 0.6) is 0 Å². The molecule has 0 rings (SSSR count). The zero-order valence-electron chi connectivity index (χ0n) is 7.61. The monoisotopic (exact) mass is 234 g/mol. The average Bonchev–Trinajstić information content (AvgIpc) is 1.89. The maximum absolute atomic E-state index is 2.30. The van der Waals surface area contributed by atoms with Crippen molar-refractivity contribution in [2.24, 2.45) is 0 Å². The van der Waals surface area contributed by atoms with E-state index in [4.69, 9.17) is 0 Å². The molecule has 0 amide bonds. The second-order valence-corrected chi connectivity index (χ2v) is 4.93. The Morgan fingerprint density at radius 1 is 1.33 bits per heavy atom. The fourth-order valence-corrected chi connectivity index (χ4v) is 1.43. The molecule has 1 atom stereocenters. The van der Waals surface area contributed by atoms with E-state index in [1.54, 1.807) is 22.5 Å². The average molecular weight is 233 g/mol. The molecule has 0 aromatic carbocycles. The van der Waals surface area contributed by atoms with E-state index < -0.39 is 0 Å². The van der Waals surface area contributed by atoms with E-state index in [2.05, 4.69) is 13.8 Å². The van der Waals surface area contributed by atoms with E-state index in [9.17, 15) is 0 Å². The molecule has 1 heteroatoms. The molecule has 1 unspecified atom stereocenters. The molecule has 0 aliphatic heterocycles. The Bertz CT molecular complexity index is 57.2. The Labute approximate surface area is 74.0 Å². The SMILES string of the molecule is CCCCC[CH]([Sn])CC.[H-]. The smallest absolute Gasteiger partial charge is 1.00 e. The van der Waals surface area contributed by atoms with Crippen LogP contribution in [0.1, 0.15) is 47.4 Å². The number of rotatable bonds is 5. The first kappa shape index (κ1) is 9.80. The molecule has 0 saturated carbocycles. The summed E-state index contributed by atoms with van der Waals surface area (Å²) < 4.78 is 1.05. The molecular weight excluding hydrogens is 215 g/mol. The first-order chi connectivity index (χ1) is 4.31. The van der Waals surface area contributed by atoms with Crippen LogP contribution >= 0.6 is 0 Å². The van der Waals surface area contributed by atoms with Crippen molar-refractivity contribution in [2.75, 3.05) is 0 Å². The summed E-state index contributed by atoms with van der Waals surface area (Å²) in [6, 6.07) is 0. The van der Waals surface area contributed by atoms with Crippen LogP contribution in [-0.2, 0) is 0 Å².